The average molecular weight is 214 g/mol. The molecule has 0 aromatic rings. The van der Waals surface area contributed by atoms with E-state index < -0.39 is 0 Å². The molecule has 15 heavy (non-hydrogen) atoms. The third-order valence-electron chi connectivity index (χ3n) is 3.01. The molecule has 1 atom stereocenters. The van der Waals surface area contributed by atoms with Crippen molar-refractivity contribution in [3.8, 4) is 0 Å². The summed E-state index contributed by atoms with van der Waals surface area (Å²) in [4.78, 5) is 0. The highest BCUT2D eigenvalue weighted by atomic mass is 14.9. The Bertz CT molecular complexity index is 147. The zero-order valence-electron chi connectivity index (χ0n) is 11.5. The lowest BCUT2D eigenvalue weighted by atomic mass is 9.82. The molecule has 0 aromatic carbocycles. The standard InChI is InChI=1S/C13H30N2/c1-11(2)15-9-7-8-14-10-12(3)13(4,5)6/h11-12,14-15H,7-10H2,1-6H3. The molecule has 0 aliphatic rings. The van der Waals surface area contributed by atoms with Gasteiger partial charge in [0.25, 0.3) is 0 Å². The topological polar surface area (TPSA) is 24.1 Å². The zero-order chi connectivity index (χ0) is 11.9. The van der Waals surface area contributed by atoms with Gasteiger partial charge in [-0.15, -0.1) is 0 Å². The van der Waals surface area contributed by atoms with Gasteiger partial charge in [-0.3, -0.25) is 0 Å². The number of rotatable bonds is 7. The van der Waals surface area contributed by atoms with Crippen molar-refractivity contribution >= 4 is 0 Å². The molecular formula is C13H30N2. The number of hydrogen-bond donors (Lipinski definition) is 2. The largest absolute Gasteiger partial charge is 0.316 e. The van der Waals surface area contributed by atoms with Crippen molar-refractivity contribution in [3.05, 3.63) is 0 Å². The van der Waals surface area contributed by atoms with Gasteiger partial charge in [0.05, 0.1) is 0 Å². The number of hydrogen-bond acceptors (Lipinski definition) is 2. The molecule has 0 bridgehead atoms. The van der Waals surface area contributed by atoms with Crippen LogP contribution in [0.5, 0.6) is 0 Å². The predicted molar refractivity (Wildman–Crippen MR) is 69.2 cm³/mol. The van der Waals surface area contributed by atoms with E-state index >= 15 is 0 Å². The van der Waals surface area contributed by atoms with E-state index in [1.54, 1.807) is 0 Å². The summed E-state index contributed by atoms with van der Waals surface area (Å²) in [5.74, 6) is 0.732. The third-order valence-corrected chi connectivity index (χ3v) is 3.01. The molecule has 0 amide bonds. The van der Waals surface area contributed by atoms with E-state index in [0.717, 1.165) is 25.6 Å². The van der Waals surface area contributed by atoms with Gasteiger partial charge < -0.3 is 10.6 Å². The summed E-state index contributed by atoms with van der Waals surface area (Å²) < 4.78 is 0. The van der Waals surface area contributed by atoms with E-state index in [4.69, 9.17) is 0 Å². The quantitative estimate of drug-likeness (QED) is 0.637. The van der Waals surface area contributed by atoms with Crippen LogP contribution < -0.4 is 10.6 Å². The molecule has 0 fully saturated rings. The highest BCUT2D eigenvalue weighted by Crippen LogP contribution is 2.24. The first kappa shape index (κ1) is 14.9. The molecule has 2 heteroatoms. The Balaban J connectivity index is 3.32. The average Bonchev–Trinajstić information content (AvgIpc) is 2.08. The van der Waals surface area contributed by atoms with Crippen molar-refractivity contribution < 1.29 is 0 Å². The molecule has 0 saturated carbocycles. The molecule has 0 aromatic heterocycles. The summed E-state index contributed by atoms with van der Waals surface area (Å²) in [5, 5.41) is 6.95. The molecule has 0 saturated heterocycles. The van der Waals surface area contributed by atoms with Crippen LogP contribution >= 0.6 is 0 Å². The highest BCUT2D eigenvalue weighted by molar-refractivity contribution is 4.71. The summed E-state index contributed by atoms with van der Waals surface area (Å²) in [6.45, 7) is 17.0. The molecule has 1 unspecified atom stereocenters. The Kier molecular flexibility index (Phi) is 7.20. The Morgan fingerprint density at radius 3 is 2.07 bits per heavy atom. The van der Waals surface area contributed by atoms with Crippen molar-refractivity contribution in [2.24, 2.45) is 11.3 Å². The van der Waals surface area contributed by atoms with Crippen LogP contribution in [0, 0.1) is 11.3 Å². The normalized spacial score (nSPS) is 14.6. The van der Waals surface area contributed by atoms with Crippen molar-refractivity contribution in [2.45, 2.75) is 54.0 Å². The smallest absolute Gasteiger partial charge is 0.00103 e. The second kappa shape index (κ2) is 7.24. The second-order valence-corrected chi connectivity index (χ2v) is 5.93. The van der Waals surface area contributed by atoms with E-state index in [-0.39, 0.29) is 0 Å². The minimum atomic E-state index is 0.420. The fourth-order valence-electron chi connectivity index (χ4n) is 1.23. The summed E-state index contributed by atoms with van der Waals surface area (Å²) in [7, 11) is 0. The van der Waals surface area contributed by atoms with Gasteiger partial charge in [-0.2, -0.15) is 0 Å². The van der Waals surface area contributed by atoms with E-state index in [0.29, 0.717) is 11.5 Å². The van der Waals surface area contributed by atoms with Gasteiger partial charge in [-0.05, 0) is 37.4 Å². The van der Waals surface area contributed by atoms with Gasteiger partial charge >= 0.3 is 0 Å². The van der Waals surface area contributed by atoms with Crippen LogP contribution in [0.2, 0.25) is 0 Å². The van der Waals surface area contributed by atoms with Crippen LogP contribution in [0.1, 0.15) is 48.0 Å². The van der Waals surface area contributed by atoms with E-state index in [2.05, 4.69) is 52.2 Å². The molecule has 0 aliphatic carbocycles. The Hall–Kier alpha value is -0.0800. The lowest BCUT2D eigenvalue weighted by Gasteiger charge is -2.27. The first-order valence-electron chi connectivity index (χ1n) is 6.28. The Morgan fingerprint density at radius 1 is 1.00 bits per heavy atom. The fraction of sp³-hybridized carbons (Fsp3) is 1.00. The predicted octanol–water partition coefficient (Wildman–Crippen LogP) is 2.65. The van der Waals surface area contributed by atoms with Crippen LogP contribution in [0.25, 0.3) is 0 Å². The summed E-state index contributed by atoms with van der Waals surface area (Å²) >= 11 is 0. The lowest BCUT2D eigenvalue weighted by Crippen LogP contribution is -2.32. The van der Waals surface area contributed by atoms with Gasteiger partial charge in [0.1, 0.15) is 0 Å². The number of nitrogens with one attached hydrogen (secondary N) is 2. The van der Waals surface area contributed by atoms with E-state index in [1.165, 1.54) is 6.42 Å². The summed E-state index contributed by atoms with van der Waals surface area (Å²) in [6.07, 6.45) is 1.22. The van der Waals surface area contributed by atoms with Crippen LogP contribution in [0.15, 0.2) is 0 Å². The molecule has 0 radical (unpaired) electrons. The molecule has 92 valence electrons. The first-order chi connectivity index (χ1) is 6.84. The van der Waals surface area contributed by atoms with Gasteiger partial charge in [0.15, 0.2) is 0 Å². The molecule has 0 aliphatic heterocycles. The highest BCUT2D eigenvalue weighted by Gasteiger charge is 2.18. The third kappa shape index (κ3) is 8.88. The van der Waals surface area contributed by atoms with Gasteiger partial charge in [-0.25, -0.2) is 0 Å². The van der Waals surface area contributed by atoms with Crippen molar-refractivity contribution in [1.29, 1.82) is 0 Å². The van der Waals surface area contributed by atoms with Crippen molar-refractivity contribution in [3.63, 3.8) is 0 Å². The second-order valence-electron chi connectivity index (χ2n) is 5.93. The first-order valence-corrected chi connectivity index (χ1v) is 6.28. The fourth-order valence-corrected chi connectivity index (χ4v) is 1.23. The van der Waals surface area contributed by atoms with Gasteiger partial charge in [-0.1, -0.05) is 41.5 Å². The molecule has 0 spiro atoms. The SMILES string of the molecule is CC(C)NCCCNCC(C)C(C)(C)C. The maximum Gasteiger partial charge on any atom is 0.00103 e. The van der Waals surface area contributed by atoms with E-state index in [9.17, 15) is 0 Å². The molecular weight excluding hydrogens is 184 g/mol. The monoisotopic (exact) mass is 214 g/mol. The zero-order valence-corrected chi connectivity index (χ0v) is 11.5. The van der Waals surface area contributed by atoms with Crippen molar-refractivity contribution in [1.82, 2.24) is 10.6 Å². The Morgan fingerprint density at radius 2 is 1.60 bits per heavy atom. The molecule has 0 heterocycles. The Labute approximate surface area is 96.2 Å². The summed E-state index contributed by atoms with van der Waals surface area (Å²) in [5.41, 5.74) is 0.420. The maximum atomic E-state index is 3.53. The van der Waals surface area contributed by atoms with E-state index in [1.807, 2.05) is 0 Å². The van der Waals surface area contributed by atoms with Crippen LogP contribution in [-0.2, 0) is 0 Å². The van der Waals surface area contributed by atoms with Crippen LogP contribution in [0.4, 0.5) is 0 Å². The lowest BCUT2D eigenvalue weighted by molar-refractivity contribution is 0.253. The van der Waals surface area contributed by atoms with Crippen LogP contribution in [-0.4, -0.2) is 25.7 Å². The molecule has 0 rings (SSSR count). The summed E-state index contributed by atoms with van der Waals surface area (Å²) in [6, 6.07) is 0.610. The van der Waals surface area contributed by atoms with Gasteiger partial charge in [0.2, 0.25) is 0 Å². The van der Waals surface area contributed by atoms with Crippen molar-refractivity contribution in [2.75, 3.05) is 19.6 Å². The molecule has 2 N–H and O–H groups in total. The van der Waals surface area contributed by atoms with Crippen LogP contribution in [0.3, 0.4) is 0 Å². The minimum Gasteiger partial charge on any atom is -0.316 e. The van der Waals surface area contributed by atoms with Gasteiger partial charge in [0, 0.05) is 6.04 Å². The maximum absolute atomic E-state index is 3.53. The minimum absolute atomic E-state index is 0.420. The molecule has 2 nitrogen and oxygen atoms in total.